The molecule has 110 valence electrons. The van der Waals surface area contributed by atoms with Crippen molar-refractivity contribution in [2.24, 2.45) is 0 Å². The van der Waals surface area contributed by atoms with Gasteiger partial charge in [0.1, 0.15) is 0 Å². The molecule has 0 aromatic carbocycles. The van der Waals surface area contributed by atoms with Crippen LogP contribution in [0.15, 0.2) is 36.5 Å². The summed E-state index contributed by atoms with van der Waals surface area (Å²) in [6, 6.07) is 0. The minimum atomic E-state index is -1.06. The topological polar surface area (TPSA) is 61.8 Å². The van der Waals surface area contributed by atoms with E-state index in [9.17, 15) is 9.59 Å². The van der Waals surface area contributed by atoms with Crippen LogP contribution in [0.4, 0.5) is 0 Å². The minimum Gasteiger partial charge on any atom is -0.446 e. The molecule has 0 bridgehead atoms. The first kappa shape index (κ1) is 16.3. The maximum atomic E-state index is 11.2. The molecule has 1 aliphatic rings. The maximum absolute atomic E-state index is 11.2. The molecule has 0 N–H and O–H groups in total. The normalized spacial score (nSPS) is 17.1. The maximum Gasteiger partial charge on any atom is 0.304 e. The van der Waals surface area contributed by atoms with Gasteiger partial charge in [-0.1, -0.05) is 0 Å². The van der Waals surface area contributed by atoms with E-state index in [1.165, 1.54) is 31.2 Å². The van der Waals surface area contributed by atoms with E-state index in [0.717, 1.165) is 0 Å². The Hall–Kier alpha value is -1.72. The predicted octanol–water partition coefficient (Wildman–Crippen LogP) is 1.94. The summed E-state index contributed by atoms with van der Waals surface area (Å²) in [6.45, 7) is 6.04. The summed E-state index contributed by atoms with van der Waals surface area (Å²) in [5.74, 6) is -0.588. The average Bonchev–Trinajstić information content (AvgIpc) is 2.39. The highest BCUT2D eigenvalue weighted by Gasteiger charge is 2.27. The third kappa shape index (κ3) is 5.11. The molecular formula is C15H20O5. The van der Waals surface area contributed by atoms with E-state index >= 15 is 0 Å². The number of hydrogen-bond acceptors (Lipinski definition) is 5. The molecule has 0 aromatic rings. The first-order valence-corrected chi connectivity index (χ1v) is 6.56. The van der Waals surface area contributed by atoms with Crippen LogP contribution >= 0.6 is 0 Å². The summed E-state index contributed by atoms with van der Waals surface area (Å²) in [5.41, 5.74) is -1.06. The van der Waals surface area contributed by atoms with Gasteiger partial charge in [-0.3, -0.25) is 9.59 Å². The molecule has 1 rings (SSSR count). The van der Waals surface area contributed by atoms with E-state index in [0.29, 0.717) is 13.2 Å². The van der Waals surface area contributed by atoms with Gasteiger partial charge < -0.3 is 14.2 Å². The lowest BCUT2D eigenvalue weighted by molar-refractivity contribution is -0.146. The third-order valence-corrected chi connectivity index (χ3v) is 2.51. The Bertz CT molecular complexity index is 412. The third-order valence-electron chi connectivity index (χ3n) is 2.51. The van der Waals surface area contributed by atoms with Crippen LogP contribution in [-0.4, -0.2) is 36.9 Å². The van der Waals surface area contributed by atoms with Crippen LogP contribution in [0, 0.1) is 0 Å². The molecule has 0 amide bonds. The highest BCUT2D eigenvalue weighted by molar-refractivity contribution is 6.00. The zero-order valence-corrected chi connectivity index (χ0v) is 12.0. The summed E-state index contributed by atoms with van der Waals surface area (Å²) in [6.07, 6.45) is 8.58. The van der Waals surface area contributed by atoms with E-state index in [-0.39, 0.29) is 5.78 Å². The zero-order valence-electron chi connectivity index (χ0n) is 12.0. The fraction of sp³-hybridized carbons (Fsp3) is 0.467. The lowest BCUT2D eigenvalue weighted by atomic mass is 9.96. The Morgan fingerprint density at radius 1 is 1.25 bits per heavy atom. The number of carbonyl (C=O) groups is 2. The molecule has 0 aromatic heterocycles. The fourth-order valence-electron chi connectivity index (χ4n) is 1.71. The summed E-state index contributed by atoms with van der Waals surface area (Å²) in [7, 11) is 0. The van der Waals surface area contributed by atoms with Crippen LogP contribution in [0.25, 0.3) is 0 Å². The van der Waals surface area contributed by atoms with Gasteiger partial charge in [-0.25, -0.2) is 0 Å². The van der Waals surface area contributed by atoms with Crippen molar-refractivity contribution in [3.63, 3.8) is 0 Å². The molecule has 0 spiro atoms. The second-order valence-electron chi connectivity index (χ2n) is 4.15. The Labute approximate surface area is 118 Å². The van der Waals surface area contributed by atoms with Crippen LogP contribution in [0.2, 0.25) is 0 Å². The van der Waals surface area contributed by atoms with E-state index in [1.54, 1.807) is 12.2 Å². The van der Waals surface area contributed by atoms with Crippen LogP contribution in [0.1, 0.15) is 20.8 Å². The van der Waals surface area contributed by atoms with Crippen molar-refractivity contribution < 1.29 is 23.8 Å². The van der Waals surface area contributed by atoms with Crippen molar-refractivity contribution in [3.05, 3.63) is 36.5 Å². The molecule has 0 heterocycles. The Morgan fingerprint density at radius 3 is 2.25 bits per heavy atom. The zero-order chi connectivity index (χ0) is 15.0. The Balaban J connectivity index is 2.89. The van der Waals surface area contributed by atoms with Gasteiger partial charge in [-0.05, 0) is 50.3 Å². The van der Waals surface area contributed by atoms with Gasteiger partial charge in [0.25, 0.3) is 0 Å². The molecule has 0 fully saturated rings. The van der Waals surface area contributed by atoms with Gasteiger partial charge in [0.15, 0.2) is 17.7 Å². The number of allylic oxidation sites excluding steroid dienone is 2. The molecule has 20 heavy (non-hydrogen) atoms. The van der Waals surface area contributed by atoms with Gasteiger partial charge in [0.2, 0.25) is 0 Å². The van der Waals surface area contributed by atoms with Crippen LogP contribution in [0.5, 0.6) is 0 Å². The summed E-state index contributed by atoms with van der Waals surface area (Å²) in [4.78, 5) is 22.4. The molecule has 0 radical (unpaired) electrons. The number of ketones is 1. The monoisotopic (exact) mass is 280 g/mol. The number of hydrogen-bond donors (Lipinski definition) is 0. The minimum absolute atomic E-state index is 0.146. The molecule has 0 aliphatic heterocycles. The van der Waals surface area contributed by atoms with Gasteiger partial charge in [0, 0.05) is 20.1 Å². The Morgan fingerprint density at radius 2 is 1.80 bits per heavy atom. The molecule has 0 atom stereocenters. The molecule has 0 saturated carbocycles. The van der Waals surface area contributed by atoms with Crippen molar-refractivity contribution in [2.75, 3.05) is 13.2 Å². The van der Waals surface area contributed by atoms with Gasteiger partial charge in [-0.15, -0.1) is 0 Å². The van der Waals surface area contributed by atoms with Crippen molar-refractivity contribution >= 4 is 11.8 Å². The van der Waals surface area contributed by atoms with E-state index in [1.807, 2.05) is 13.8 Å². The number of esters is 1. The molecular weight excluding hydrogens is 260 g/mol. The first-order chi connectivity index (χ1) is 9.51. The summed E-state index contributed by atoms with van der Waals surface area (Å²) < 4.78 is 16.0. The second kappa shape index (κ2) is 7.77. The van der Waals surface area contributed by atoms with E-state index < -0.39 is 17.9 Å². The number of ether oxygens (including phenoxy) is 3. The van der Waals surface area contributed by atoms with E-state index in [2.05, 4.69) is 0 Å². The standard InChI is InChI=1S/C15H20O5/c1-4-18-14(19-5-2)8-11-15(20-12(3)16)9-6-13(17)7-10-15/h6-11,14H,4-5H2,1-3H3/b11-8+. The fourth-order valence-corrected chi connectivity index (χ4v) is 1.71. The van der Waals surface area contributed by atoms with Gasteiger partial charge in [0.05, 0.1) is 0 Å². The molecule has 1 aliphatic carbocycles. The number of rotatable bonds is 7. The lowest BCUT2D eigenvalue weighted by Gasteiger charge is -2.25. The smallest absolute Gasteiger partial charge is 0.304 e. The van der Waals surface area contributed by atoms with Crippen molar-refractivity contribution in [1.82, 2.24) is 0 Å². The van der Waals surface area contributed by atoms with Crippen molar-refractivity contribution in [2.45, 2.75) is 32.7 Å². The highest BCUT2D eigenvalue weighted by Crippen LogP contribution is 2.22. The van der Waals surface area contributed by atoms with Crippen LogP contribution < -0.4 is 0 Å². The van der Waals surface area contributed by atoms with Crippen molar-refractivity contribution in [3.8, 4) is 0 Å². The molecule has 5 heteroatoms. The van der Waals surface area contributed by atoms with E-state index in [4.69, 9.17) is 14.2 Å². The van der Waals surface area contributed by atoms with Crippen LogP contribution in [-0.2, 0) is 23.8 Å². The van der Waals surface area contributed by atoms with Gasteiger partial charge in [-0.2, -0.15) is 0 Å². The first-order valence-electron chi connectivity index (χ1n) is 6.56. The highest BCUT2D eigenvalue weighted by atomic mass is 16.7. The lowest BCUT2D eigenvalue weighted by Crippen LogP contribution is -2.30. The summed E-state index contributed by atoms with van der Waals surface area (Å²) >= 11 is 0. The second-order valence-corrected chi connectivity index (χ2v) is 4.15. The molecule has 5 nitrogen and oxygen atoms in total. The predicted molar refractivity (Wildman–Crippen MR) is 74.0 cm³/mol. The average molecular weight is 280 g/mol. The molecule has 0 saturated heterocycles. The largest absolute Gasteiger partial charge is 0.446 e. The number of carbonyl (C=O) groups excluding carboxylic acids is 2. The quantitative estimate of drug-likeness (QED) is 0.405. The van der Waals surface area contributed by atoms with Crippen LogP contribution in [0.3, 0.4) is 0 Å². The SMILES string of the molecule is CCOC(/C=C/C1(OC(C)=O)C=CC(=O)C=C1)OCC. The molecule has 0 unspecified atom stereocenters. The van der Waals surface area contributed by atoms with Crippen molar-refractivity contribution in [1.29, 1.82) is 0 Å². The summed E-state index contributed by atoms with van der Waals surface area (Å²) in [5, 5.41) is 0. The Kier molecular flexibility index (Phi) is 6.35. The van der Waals surface area contributed by atoms with Gasteiger partial charge >= 0.3 is 5.97 Å².